The fourth-order valence-corrected chi connectivity index (χ4v) is 7.11. The SMILES string of the molecule is Cc1cc(C2=C(c3cc(C)sc3C)C(=O)/C(=C/c3ccc(N4CCCCC4)cc3)C2)c(C)s1. The van der Waals surface area contributed by atoms with Crippen molar-refractivity contribution in [2.24, 2.45) is 0 Å². The molecule has 3 aromatic rings. The van der Waals surface area contributed by atoms with Gasteiger partial charge in [0.05, 0.1) is 0 Å². The number of nitrogens with zero attached hydrogens (tertiary/aromatic N) is 1. The van der Waals surface area contributed by atoms with Crippen molar-refractivity contribution in [3.8, 4) is 0 Å². The first-order valence-corrected chi connectivity index (χ1v) is 13.5. The van der Waals surface area contributed by atoms with Crippen LogP contribution in [0.25, 0.3) is 17.2 Å². The van der Waals surface area contributed by atoms with E-state index < -0.39 is 0 Å². The summed E-state index contributed by atoms with van der Waals surface area (Å²) in [6.07, 6.45) is 6.71. The van der Waals surface area contributed by atoms with Gasteiger partial charge in [-0.2, -0.15) is 0 Å². The van der Waals surface area contributed by atoms with E-state index in [9.17, 15) is 4.79 Å². The summed E-state index contributed by atoms with van der Waals surface area (Å²) in [5.41, 5.74) is 7.77. The minimum atomic E-state index is 0.189. The lowest BCUT2D eigenvalue weighted by Crippen LogP contribution is -2.29. The summed E-state index contributed by atoms with van der Waals surface area (Å²) in [6, 6.07) is 13.2. The van der Waals surface area contributed by atoms with Gasteiger partial charge in [-0.05, 0) is 99.6 Å². The van der Waals surface area contributed by atoms with Gasteiger partial charge in [0.1, 0.15) is 0 Å². The van der Waals surface area contributed by atoms with Gasteiger partial charge in [0.25, 0.3) is 0 Å². The number of anilines is 1. The highest BCUT2D eigenvalue weighted by Crippen LogP contribution is 2.45. The first kappa shape index (κ1) is 22.4. The third-order valence-electron chi connectivity index (χ3n) is 6.82. The van der Waals surface area contributed by atoms with E-state index in [4.69, 9.17) is 0 Å². The second-order valence-electron chi connectivity index (χ2n) is 9.32. The van der Waals surface area contributed by atoms with Gasteiger partial charge in [-0.25, -0.2) is 0 Å². The highest BCUT2D eigenvalue weighted by molar-refractivity contribution is 7.12. The number of aryl methyl sites for hydroxylation is 4. The van der Waals surface area contributed by atoms with E-state index in [2.05, 4.69) is 75.1 Å². The van der Waals surface area contributed by atoms with Gasteiger partial charge in [-0.3, -0.25) is 4.79 Å². The monoisotopic (exact) mass is 473 g/mol. The molecule has 170 valence electrons. The zero-order valence-corrected chi connectivity index (χ0v) is 21.6. The van der Waals surface area contributed by atoms with Crippen LogP contribution < -0.4 is 4.90 Å². The molecule has 33 heavy (non-hydrogen) atoms. The molecule has 3 heterocycles. The molecule has 1 fully saturated rings. The Morgan fingerprint density at radius 1 is 0.818 bits per heavy atom. The third kappa shape index (κ3) is 4.39. The molecule has 2 nitrogen and oxygen atoms in total. The predicted molar refractivity (Wildman–Crippen MR) is 145 cm³/mol. The zero-order valence-electron chi connectivity index (χ0n) is 20.0. The molecule has 0 bridgehead atoms. The minimum absolute atomic E-state index is 0.189. The lowest BCUT2D eigenvalue weighted by Gasteiger charge is -2.28. The van der Waals surface area contributed by atoms with E-state index >= 15 is 0 Å². The summed E-state index contributed by atoms with van der Waals surface area (Å²) >= 11 is 3.59. The van der Waals surface area contributed by atoms with Crippen molar-refractivity contribution >= 4 is 51.4 Å². The number of ketones is 1. The maximum Gasteiger partial charge on any atom is 0.190 e. The molecule has 0 amide bonds. The Bertz CT molecular complexity index is 1260. The molecule has 0 spiro atoms. The molecule has 2 aliphatic rings. The van der Waals surface area contributed by atoms with E-state index in [0.29, 0.717) is 6.42 Å². The van der Waals surface area contributed by atoms with Gasteiger partial charge in [0.15, 0.2) is 5.78 Å². The first-order valence-electron chi connectivity index (χ1n) is 11.9. The molecular weight excluding hydrogens is 442 g/mol. The fourth-order valence-electron chi connectivity index (χ4n) is 5.23. The van der Waals surface area contributed by atoms with Crippen LogP contribution >= 0.6 is 22.7 Å². The molecule has 0 unspecified atom stereocenters. The molecular formula is C29H31NOS2. The number of carbonyl (C=O) groups is 1. The topological polar surface area (TPSA) is 20.3 Å². The lowest BCUT2D eigenvalue weighted by molar-refractivity contribution is -0.110. The number of carbonyl (C=O) groups excluding carboxylic acids is 1. The summed E-state index contributed by atoms with van der Waals surface area (Å²) in [7, 11) is 0. The van der Waals surface area contributed by atoms with Crippen molar-refractivity contribution in [2.75, 3.05) is 18.0 Å². The van der Waals surface area contributed by atoms with E-state index in [1.54, 1.807) is 11.3 Å². The quantitative estimate of drug-likeness (QED) is 0.358. The van der Waals surface area contributed by atoms with Crippen LogP contribution in [-0.2, 0) is 4.79 Å². The average Bonchev–Trinajstić information content (AvgIpc) is 3.42. The second kappa shape index (κ2) is 9.08. The zero-order chi connectivity index (χ0) is 23.1. The highest BCUT2D eigenvalue weighted by atomic mass is 32.1. The predicted octanol–water partition coefficient (Wildman–Crippen LogP) is 8.00. The van der Waals surface area contributed by atoms with Crippen molar-refractivity contribution in [3.63, 3.8) is 0 Å². The van der Waals surface area contributed by atoms with Crippen LogP contribution in [0, 0.1) is 27.7 Å². The molecule has 1 aromatic carbocycles. The van der Waals surface area contributed by atoms with E-state index in [1.807, 2.05) is 11.3 Å². The number of hydrogen-bond donors (Lipinski definition) is 0. The van der Waals surface area contributed by atoms with Crippen LogP contribution in [0.5, 0.6) is 0 Å². The fraction of sp³-hybridized carbons (Fsp3) is 0.345. The van der Waals surface area contributed by atoms with Gasteiger partial charge in [0.2, 0.25) is 0 Å². The number of rotatable bonds is 4. The van der Waals surface area contributed by atoms with Crippen LogP contribution in [0.15, 0.2) is 42.0 Å². The molecule has 0 N–H and O–H groups in total. The summed E-state index contributed by atoms with van der Waals surface area (Å²) in [4.78, 5) is 21.3. The van der Waals surface area contributed by atoms with Crippen molar-refractivity contribution in [1.29, 1.82) is 0 Å². The molecule has 0 saturated carbocycles. The van der Waals surface area contributed by atoms with Crippen LogP contribution in [0.3, 0.4) is 0 Å². The van der Waals surface area contributed by atoms with Gasteiger partial charge in [-0.15, -0.1) is 22.7 Å². The maximum absolute atomic E-state index is 13.8. The van der Waals surface area contributed by atoms with Crippen LogP contribution in [-0.4, -0.2) is 18.9 Å². The summed E-state index contributed by atoms with van der Waals surface area (Å²) in [6.45, 7) is 10.9. The molecule has 4 heteroatoms. The Labute approximate surface area is 205 Å². The number of piperidine rings is 1. The third-order valence-corrected chi connectivity index (χ3v) is 8.75. The maximum atomic E-state index is 13.8. The summed E-state index contributed by atoms with van der Waals surface area (Å²) in [5, 5.41) is 0. The number of benzene rings is 1. The van der Waals surface area contributed by atoms with Crippen LogP contribution in [0.1, 0.15) is 61.9 Å². The Hall–Kier alpha value is -2.43. The second-order valence-corrected chi connectivity index (χ2v) is 12.2. The summed E-state index contributed by atoms with van der Waals surface area (Å²) < 4.78 is 0. The molecule has 2 aromatic heterocycles. The first-order chi connectivity index (χ1) is 15.9. The van der Waals surface area contributed by atoms with E-state index in [1.165, 1.54) is 55.6 Å². The molecule has 5 rings (SSSR count). The Balaban J connectivity index is 1.51. The number of allylic oxidation sites excluding steroid dienone is 3. The lowest BCUT2D eigenvalue weighted by atomic mass is 9.97. The van der Waals surface area contributed by atoms with Crippen molar-refractivity contribution in [3.05, 3.63) is 78.2 Å². The Morgan fingerprint density at radius 3 is 2.00 bits per heavy atom. The average molecular weight is 474 g/mol. The van der Waals surface area contributed by atoms with Crippen LogP contribution in [0.2, 0.25) is 0 Å². The van der Waals surface area contributed by atoms with Gasteiger partial charge < -0.3 is 4.90 Å². The van der Waals surface area contributed by atoms with Gasteiger partial charge in [-0.1, -0.05) is 12.1 Å². The standard InChI is InChI=1S/C29H31NOS2/c1-18-14-25(20(3)32-18)27-17-23(29(31)28(27)26-15-19(2)33-21(26)4)16-22-8-10-24(11-9-22)30-12-6-5-7-13-30/h8-11,14-16H,5-7,12-13,17H2,1-4H3/b23-16+. The number of Topliss-reactive ketones (excluding diaryl/α,β-unsaturated/α-hetero) is 1. The molecule has 0 radical (unpaired) electrons. The Morgan fingerprint density at radius 2 is 1.42 bits per heavy atom. The van der Waals surface area contributed by atoms with Crippen molar-refractivity contribution in [1.82, 2.24) is 0 Å². The van der Waals surface area contributed by atoms with E-state index in [-0.39, 0.29) is 5.78 Å². The van der Waals surface area contributed by atoms with E-state index in [0.717, 1.165) is 35.4 Å². The minimum Gasteiger partial charge on any atom is -0.372 e. The molecule has 0 atom stereocenters. The van der Waals surface area contributed by atoms with Crippen molar-refractivity contribution < 1.29 is 4.79 Å². The van der Waals surface area contributed by atoms with Gasteiger partial charge in [0, 0.05) is 55.9 Å². The molecule has 1 aliphatic heterocycles. The highest BCUT2D eigenvalue weighted by Gasteiger charge is 2.32. The smallest absolute Gasteiger partial charge is 0.190 e. The Kier molecular flexibility index (Phi) is 6.15. The molecule has 1 saturated heterocycles. The van der Waals surface area contributed by atoms with Crippen LogP contribution in [0.4, 0.5) is 5.69 Å². The number of hydrogen-bond acceptors (Lipinski definition) is 4. The molecule has 1 aliphatic carbocycles. The normalized spacial score (nSPS) is 18.1. The largest absolute Gasteiger partial charge is 0.372 e. The van der Waals surface area contributed by atoms with Crippen molar-refractivity contribution in [2.45, 2.75) is 53.4 Å². The summed E-state index contributed by atoms with van der Waals surface area (Å²) in [5.74, 6) is 0.189. The number of thiophene rings is 2. The van der Waals surface area contributed by atoms with Gasteiger partial charge >= 0.3 is 0 Å².